The fourth-order valence-corrected chi connectivity index (χ4v) is 2.58. The van der Waals surface area contributed by atoms with Gasteiger partial charge in [-0.05, 0) is 44.4 Å². The van der Waals surface area contributed by atoms with Crippen molar-refractivity contribution in [2.45, 2.75) is 33.6 Å². The molecule has 0 aromatic heterocycles. The Bertz CT molecular complexity index is 713. The molecule has 1 aliphatic heterocycles. The maximum atomic E-state index is 12.1. The van der Waals surface area contributed by atoms with Crippen molar-refractivity contribution in [1.82, 2.24) is 4.90 Å². The van der Waals surface area contributed by atoms with E-state index in [0.29, 0.717) is 18.6 Å². The lowest BCUT2D eigenvalue weighted by Gasteiger charge is -2.25. The largest absolute Gasteiger partial charge is 0.493 e. The molecule has 1 heterocycles. The first kappa shape index (κ1) is 16.8. The standard InChI is InChI=1S/C18H20N2O3/c1-12-5-6-16(14(3)9-12)23-8-4-7-20-17(21)10-13(2)15(11-19)18(20)22/h5-6,9H,4,7-8,10H2,1-3H3. The SMILES string of the molecule is CC1=C(C#N)C(=O)N(CCCOc2ccc(C)cc2C)C(=O)C1. The monoisotopic (exact) mass is 312 g/mol. The Balaban J connectivity index is 1.90. The van der Waals surface area contributed by atoms with Gasteiger partial charge in [0.05, 0.1) is 6.61 Å². The summed E-state index contributed by atoms with van der Waals surface area (Å²) in [4.78, 5) is 25.2. The third kappa shape index (κ3) is 3.78. The molecule has 0 saturated carbocycles. The summed E-state index contributed by atoms with van der Waals surface area (Å²) in [7, 11) is 0. The van der Waals surface area contributed by atoms with Gasteiger partial charge in [0.15, 0.2) is 0 Å². The zero-order chi connectivity index (χ0) is 17.0. The number of nitrogens with zero attached hydrogens (tertiary/aromatic N) is 2. The number of amides is 2. The number of carbonyl (C=O) groups is 2. The van der Waals surface area contributed by atoms with Crippen molar-refractivity contribution < 1.29 is 14.3 Å². The van der Waals surface area contributed by atoms with E-state index in [1.165, 1.54) is 5.56 Å². The van der Waals surface area contributed by atoms with E-state index < -0.39 is 5.91 Å². The van der Waals surface area contributed by atoms with Crippen LogP contribution in [0.5, 0.6) is 5.75 Å². The summed E-state index contributed by atoms with van der Waals surface area (Å²) in [5.41, 5.74) is 2.86. The number of hydrogen-bond acceptors (Lipinski definition) is 4. The van der Waals surface area contributed by atoms with Crippen molar-refractivity contribution in [2.24, 2.45) is 0 Å². The number of nitriles is 1. The number of imide groups is 1. The van der Waals surface area contributed by atoms with Gasteiger partial charge in [-0.15, -0.1) is 0 Å². The molecule has 0 bridgehead atoms. The highest BCUT2D eigenvalue weighted by Crippen LogP contribution is 2.21. The molecule has 2 rings (SSSR count). The van der Waals surface area contributed by atoms with Crippen LogP contribution in [0.25, 0.3) is 0 Å². The maximum absolute atomic E-state index is 12.1. The first-order chi connectivity index (χ1) is 10.9. The van der Waals surface area contributed by atoms with Gasteiger partial charge in [-0.3, -0.25) is 14.5 Å². The Kier molecular flexibility index (Phi) is 5.17. The fraction of sp³-hybridized carbons (Fsp3) is 0.389. The van der Waals surface area contributed by atoms with Gasteiger partial charge in [-0.2, -0.15) is 5.26 Å². The number of aryl methyl sites for hydroxylation is 2. The van der Waals surface area contributed by atoms with Gasteiger partial charge in [0.2, 0.25) is 5.91 Å². The molecule has 0 spiro atoms. The number of carbonyl (C=O) groups excluding carboxylic acids is 2. The average molecular weight is 312 g/mol. The van der Waals surface area contributed by atoms with Crippen LogP contribution in [0.4, 0.5) is 0 Å². The van der Waals surface area contributed by atoms with E-state index in [-0.39, 0.29) is 24.4 Å². The Morgan fingerprint density at radius 2 is 2.00 bits per heavy atom. The van der Waals surface area contributed by atoms with Crippen LogP contribution in [0.15, 0.2) is 29.3 Å². The number of ether oxygens (including phenoxy) is 1. The number of hydrogen-bond donors (Lipinski definition) is 0. The van der Waals surface area contributed by atoms with Crippen molar-refractivity contribution in [3.8, 4) is 11.8 Å². The highest BCUT2D eigenvalue weighted by Gasteiger charge is 2.31. The lowest BCUT2D eigenvalue weighted by atomic mass is 10.0. The molecule has 0 saturated heterocycles. The summed E-state index contributed by atoms with van der Waals surface area (Å²) in [6, 6.07) is 7.83. The fourth-order valence-electron chi connectivity index (χ4n) is 2.58. The van der Waals surface area contributed by atoms with Crippen LogP contribution in [-0.2, 0) is 9.59 Å². The minimum Gasteiger partial charge on any atom is -0.493 e. The average Bonchev–Trinajstić information content (AvgIpc) is 2.48. The van der Waals surface area contributed by atoms with E-state index >= 15 is 0 Å². The molecule has 1 aromatic carbocycles. The van der Waals surface area contributed by atoms with Crippen LogP contribution >= 0.6 is 0 Å². The predicted octanol–water partition coefficient (Wildman–Crippen LogP) is 2.67. The van der Waals surface area contributed by atoms with Gasteiger partial charge in [0.1, 0.15) is 17.4 Å². The van der Waals surface area contributed by atoms with Gasteiger partial charge in [-0.1, -0.05) is 17.7 Å². The van der Waals surface area contributed by atoms with E-state index in [9.17, 15) is 9.59 Å². The van der Waals surface area contributed by atoms with Crippen molar-refractivity contribution >= 4 is 11.8 Å². The molecule has 2 amide bonds. The second-order valence-electron chi connectivity index (χ2n) is 5.77. The maximum Gasteiger partial charge on any atom is 0.271 e. The van der Waals surface area contributed by atoms with Crippen LogP contribution in [0.3, 0.4) is 0 Å². The third-order valence-corrected chi connectivity index (χ3v) is 3.83. The van der Waals surface area contributed by atoms with Crippen LogP contribution in [-0.4, -0.2) is 29.9 Å². The van der Waals surface area contributed by atoms with Crippen LogP contribution in [0.2, 0.25) is 0 Å². The van der Waals surface area contributed by atoms with Crippen LogP contribution in [0, 0.1) is 25.2 Å². The molecule has 0 atom stereocenters. The van der Waals surface area contributed by atoms with Gasteiger partial charge in [0.25, 0.3) is 5.91 Å². The molecule has 0 N–H and O–H groups in total. The summed E-state index contributed by atoms with van der Waals surface area (Å²) in [6.45, 7) is 6.32. The minimum atomic E-state index is -0.493. The first-order valence-electron chi connectivity index (χ1n) is 7.58. The van der Waals surface area contributed by atoms with E-state index in [1.807, 2.05) is 38.1 Å². The Morgan fingerprint density at radius 3 is 2.65 bits per heavy atom. The van der Waals surface area contributed by atoms with Gasteiger partial charge in [0, 0.05) is 13.0 Å². The van der Waals surface area contributed by atoms with E-state index in [4.69, 9.17) is 10.00 Å². The van der Waals surface area contributed by atoms with Gasteiger partial charge < -0.3 is 4.74 Å². The molecule has 23 heavy (non-hydrogen) atoms. The van der Waals surface area contributed by atoms with Crippen LogP contribution < -0.4 is 4.74 Å². The normalized spacial score (nSPS) is 15.0. The van der Waals surface area contributed by atoms with Gasteiger partial charge >= 0.3 is 0 Å². The lowest BCUT2D eigenvalue weighted by molar-refractivity contribution is -0.143. The summed E-state index contributed by atoms with van der Waals surface area (Å²) in [5, 5.41) is 9.02. The van der Waals surface area contributed by atoms with Crippen molar-refractivity contribution in [2.75, 3.05) is 13.2 Å². The molecule has 120 valence electrons. The summed E-state index contributed by atoms with van der Waals surface area (Å²) in [6.07, 6.45) is 0.662. The second-order valence-corrected chi connectivity index (χ2v) is 5.77. The Labute approximate surface area is 136 Å². The summed E-state index contributed by atoms with van der Waals surface area (Å²) in [5.74, 6) is 0.0612. The zero-order valence-electron chi connectivity index (χ0n) is 13.7. The molecule has 1 aliphatic rings. The predicted molar refractivity (Wildman–Crippen MR) is 85.7 cm³/mol. The molecule has 0 unspecified atom stereocenters. The number of rotatable bonds is 5. The topological polar surface area (TPSA) is 70.4 Å². The Hall–Kier alpha value is -2.61. The minimum absolute atomic E-state index is 0.0832. The first-order valence-corrected chi connectivity index (χ1v) is 7.58. The number of benzene rings is 1. The summed E-state index contributed by atoms with van der Waals surface area (Å²) < 4.78 is 5.70. The van der Waals surface area contributed by atoms with Gasteiger partial charge in [-0.25, -0.2) is 0 Å². The van der Waals surface area contributed by atoms with E-state index in [0.717, 1.165) is 16.2 Å². The molecule has 0 fully saturated rings. The molecule has 1 aromatic rings. The van der Waals surface area contributed by atoms with Crippen molar-refractivity contribution in [1.29, 1.82) is 5.26 Å². The zero-order valence-corrected chi connectivity index (χ0v) is 13.7. The highest BCUT2D eigenvalue weighted by atomic mass is 16.5. The molecule has 5 nitrogen and oxygen atoms in total. The highest BCUT2D eigenvalue weighted by molar-refractivity contribution is 6.10. The summed E-state index contributed by atoms with van der Waals surface area (Å²) >= 11 is 0. The van der Waals surface area contributed by atoms with Crippen molar-refractivity contribution in [3.05, 3.63) is 40.5 Å². The molecular formula is C18H20N2O3. The third-order valence-electron chi connectivity index (χ3n) is 3.83. The van der Waals surface area contributed by atoms with E-state index in [1.54, 1.807) is 6.92 Å². The van der Waals surface area contributed by atoms with Crippen molar-refractivity contribution in [3.63, 3.8) is 0 Å². The van der Waals surface area contributed by atoms with E-state index in [2.05, 4.69) is 0 Å². The second kappa shape index (κ2) is 7.10. The molecule has 5 heteroatoms. The smallest absolute Gasteiger partial charge is 0.271 e. The lowest BCUT2D eigenvalue weighted by Crippen LogP contribution is -2.42. The molecular weight excluding hydrogens is 292 g/mol. The molecule has 0 aliphatic carbocycles. The van der Waals surface area contributed by atoms with Crippen LogP contribution in [0.1, 0.15) is 30.9 Å². The Morgan fingerprint density at radius 1 is 1.26 bits per heavy atom. The molecule has 0 radical (unpaired) electrons. The quantitative estimate of drug-likeness (QED) is 0.619.